The van der Waals surface area contributed by atoms with Crippen LogP contribution in [-0.2, 0) is 6.54 Å². The Hall–Kier alpha value is -0.650. The number of rotatable bonds is 5. The molecule has 0 spiro atoms. The average molecular weight is 255 g/mol. The maximum Gasteiger partial charge on any atom is 0.185 e. The summed E-state index contributed by atoms with van der Waals surface area (Å²) in [7, 11) is 4.01. The molecule has 1 aliphatic carbocycles. The van der Waals surface area contributed by atoms with Crippen molar-refractivity contribution in [3.63, 3.8) is 0 Å². The van der Waals surface area contributed by atoms with Gasteiger partial charge in [0.15, 0.2) is 5.13 Å². The van der Waals surface area contributed by atoms with Crippen LogP contribution in [0.4, 0.5) is 5.13 Å². The summed E-state index contributed by atoms with van der Waals surface area (Å²) in [6.07, 6.45) is 3.03. The van der Waals surface area contributed by atoms with Crippen molar-refractivity contribution in [2.24, 2.45) is 0 Å². The van der Waals surface area contributed by atoms with E-state index in [4.69, 9.17) is 0 Å². The van der Waals surface area contributed by atoms with Crippen molar-refractivity contribution < 1.29 is 5.11 Å². The standard InChI is InChI=1S/C12H21N3OS/c1-9-10(17-11(14-9)15(2)3)7-13-8-12(16)5-4-6-12/h13,16H,4-8H2,1-3H3. The first kappa shape index (κ1) is 12.8. The monoisotopic (exact) mass is 255 g/mol. The fourth-order valence-corrected chi connectivity index (χ4v) is 2.89. The number of aryl methyl sites for hydroxylation is 1. The predicted octanol–water partition coefficient (Wildman–Crippen LogP) is 1.52. The molecule has 0 saturated heterocycles. The second-order valence-corrected chi connectivity index (χ2v) is 6.14. The van der Waals surface area contributed by atoms with E-state index in [1.807, 2.05) is 25.9 Å². The maximum absolute atomic E-state index is 9.97. The molecule has 2 N–H and O–H groups in total. The number of thiazole rings is 1. The first-order valence-electron chi connectivity index (χ1n) is 6.07. The minimum absolute atomic E-state index is 0.441. The Balaban J connectivity index is 1.86. The van der Waals surface area contributed by atoms with Gasteiger partial charge in [0.2, 0.25) is 0 Å². The normalized spacial score (nSPS) is 17.9. The second kappa shape index (κ2) is 4.92. The minimum atomic E-state index is -0.441. The highest BCUT2D eigenvalue weighted by Gasteiger charge is 2.33. The van der Waals surface area contributed by atoms with Crippen LogP contribution in [0.25, 0.3) is 0 Å². The Morgan fingerprint density at radius 3 is 2.65 bits per heavy atom. The van der Waals surface area contributed by atoms with Crippen molar-refractivity contribution in [2.45, 2.75) is 38.3 Å². The zero-order chi connectivity index (χ0) is 12.5. The third-order valence-electron chi connectivity index (χ3n) is 3.29. The van der Waals surface area contributed by atoms with Crippen molar-refractivity contribution in [3.05, 3.63) is 10.6 Å². The predicted molar refractivity (Wildman–Crippen MR) is 71.7 cm³/mol. The summed E-state index contributed by atoms with van der Waals surface area (Å²) in [5, 5.41) is 14.4. The van der Waals surface area contributed by atoms with Crippen LogP contribution in [0.3, 0.4) is 0 Å². The molecule has 0 unspecified atom stereocenters. The first-order chi connectivity index (χ1) is 8.00. The fraction of sp³-hybridized carbons (Fsp3) is 0.750. The molecule has 0 aromatic carbocycles. The topological polar surface area (TPSA) is 48.4 Å². The van der Waals surface area contributed by atoms with Gasteiger partial charge in [0.25, 0.3) is 0 Å². The highest BCUT2D eigenvalue weighted by Crippen LogP contribution is 2.31. The fourth-order valence-electron chi connectivity index (χ4n) is 1.94. The van der Waals surface area contributed by atoms with Gasteiger partial charge < -0.3 is 15.3 Å². The maximum atomic E-state index is 9.97. The van der Waals surface area contributed by atoms with Crippen molar-refractivity contribution in [2.75, 3.05) is 25.5 Å². The molecule has 1 fully saturated rings. The zero-order valence-corrected chi connectivity index (χ0v) is 11.6. The number of aromatic nitrogens is 1. The SMILES string of the molecule is Cc1nc(N(C)C)sc1CNCC1(O)CCC1. The van der Waals surface area contributed by atoms with E-state index >= 15 is 0 Å². The Labute approximate surface area is 107 Å². The van der Waals surface area contributed by atoms with Gasteiger partial charge in [-0.05, 0) is 26.2 Å². The molecule has 0 atom stereocenters. The summed E-state index contributed by atoms with van der Waals surface area (Å²) >= 11 is 1.71. The van der Waals surface area contributed by atoms with Gasteiger partial charge in [-0.3, -0.25) is 0 Å². The molecule has 2 rings (SSSR count). The van der Waals surface area contributed by atoms with Crippen LogP contribution in [-0.4, -0.2) is 36.3 Å². The van der Waals surface area contributed by atoms with Gasteiger partial charge in [0, 0.05) is 32.1 Å². The lowest BCUT2D eigenvalue weighted by Crippen LogP contribution is -2.45. The molecule has 4 nitrogen and oxygen atoms in total. The summed E-state index contributed by atoms with van der Waals surface area (Å²) in [6.45, 7) is 3.54. The van der Waals surface area contributed by atoms with E-state index in [2.05, 4.69) is 10.3 Å². The second-order valence-electron chi connectivity index (χ2n) is 5.08. The number of anilines is 1. The van der Waals surface area contributed by atoms with E-state index in [1.54, 1.807) is 11.3 Å². The van der Waals surface area contributed by atoms with Crippen molar-refractivity contribution >= 4 is 16.5 Å². The molecular weight excluding hydrogens is 234 g/mol. The molecule has 1 aromatic heterocycles. The average Bonchev–Trinajstić information content (AvgIpc) is 2.58. The third-order valence-corrected chi connectivity index (χ3v) is 4.61. The first-order valence-corrected chi connectivity index (χ1v) is 6.88. The van der Waals surface area contributed by atoms with E-state index in [1.165, 1.54) is 4.88 Å². The molecule has 1 aromatic rings. The number of hydrogen-bond acceptors (Lipinski definition) is 5. The van der Waals surface area contributed by atoms with Crippen molar-refractivity contribution in [3.8, 4) is 0 Å². The van der Waals surface area contributed by atoms with Crippen LogP contribution < -0.4 is 10.2 Å². The van der Waals surface area contributed by atoms with Gasteiger partial charge >= 0.3 is 0 Å². The molecule has 1 aliphatic rings. The Morgan fingerprint density at radius 2 is 2.18 bits per heavy atom. The van der Waals surface area contributed by atoms with Gasteiger partial charge in [0.1, 0.15) is 0 Å². The highest BCUT2D eigenvalue weighted by molar-refractivity contribution is 7.15. The number of nitrogens with one attached hydrogen (secondary N) is 1. The summed E-state index contributed by atoms with van der Waals surface area (Å²) < 4.78 is 0. The Morgan fingerprint density at radius 1 is 1.47 bits per heavy atom. The van der Waals surface area contributed by atoms with Crippen molar-refractivity contribution in [1.29, 1.82) is 0 Å². The van der Waals surface area contributed by atoms with Gasteiger partial charge in [-0.2, -0.15) is 0 Å². The molecule has 0 aliphatic heterocycles. The van der Waals surface area contributed by atoms with Crippen LogP contribution in [0, 0.1) is 6.92 Å². The number of aliphatic hydroxyl groups is 1. The molecule has 5 heteroatoms. The van der Waals surface area contributed by atoms with Crippen molar-refractivity contribution in [1.82, 2.24) is 10.3 Å². The molecular formula is C12H21N3OS. The van der Waals surface area contributed by atoms with Gasteiger partial charge in [-0.1, -0.05) is 0 Å². The summed E-state index contributed by atoms with van der Waals surface area (Å²) in [5.74, 6) is 0. The molecule has 0 radical (unpaired) electrons. The number of hydrogen-bond donors (Lipinski definition) is 2. The summed E-state index contributed by atoms with van der Waals surface area (Å²) in [5.41, 5.74) is 0.648. The van der Waals surface area contributed by atoms with Gasteiger partial charge in [-0.15, -0.1) is 11.3 Å². The molecule has 0 amide bonds. The van der Waals surface area contributed by atoms with Gasteiger partial charge in [-0.25, -0.2) is 4.98 Å². The Kier molecular flexibility index (Phi) is 3.70. The van der Waals surface area contributed by atoms with Crippen LogP contribution in [0.2, 0.25) is 0 Å². The summed E-state index contributed by atoms with van der Waals surface area (Å²) in [6, 6.07) is 0. The van der Waals surface area contributed by atoms with E-state index in [0.717, 1.165) is 36.6 Å². The molecule has 1 saturated carbocycles. The molecule has 1 heterocycles. The zero-order valence-electron chi connectivity index (χ0n) is 10.8. The van der Waals surface area contributed by atoms with Crippen LogP contribution >= 0.6 is 11.3 Å². The van der Waals surface area contributed by atoms with Crippen LogP contribution in [0.5, 0.6) is 0 Å². The number of nitrogens with zero attached hydrogens (tertiary/aromatic N) is 2. The lowest BCUT2D eigenvalue weighted by atomic mass is 9.80. The van der Waals surface area contributed by atoms with E-state index < -0.39 is 5.60 Å². The lowest BCUT2D eigenvalue weighted by Gasteiger charge is -2.36. The minimum Gasteiger partial charge on any atom is -0.389 e. The quantitative estimate of drug-likeness (QED) is 0.837. The van der Waals surface area contributed by atoms with E-state index in [-0.39, 0.29) is 0 Å². The molecule has 17 heavy (non-hydrogen) atoms. The van der Waals surface area contributed by atoms with E-state index in [9.17, 15) is 5.11 Å². The molecule has 0 bridgehead atoms. The Bertz CT molecular complexity index is 385. The largest absolute Gasteiger partial charge is 0.389 e. The lowest BCUT2D eigenvalue weighted by molar-refractivity contribution is -0.0314. The molecule has 96 valence electrons. The van der Waals surface area contributed by atoms with Crippen LogP contribution in [0.1, 0.15) is 29.8 Å². The highest BCUT2D eigenvalue weighted by atomic mass is 32.1. The summed E-state index contributed by atoms with van der Waals surface area (Å²) in [4.78, 5) is 7.79. The van der Waals surface area contributed by atoms with Gasteiger partial charge in [0.05, 0.1) is 11.3 Å². The third kappa shape index (κ3) is 2.97. The smallest absolute Gasteiger partial charge is 0.185 e. The van der Waals surface area contributed by atoms with Crippen LogP contribution in [0.15, 0.2) is 0 Å². The van der Waals surface area contributed by atoms with E-state index in [0.29, 0.717) is 6.54 Å².